The van der Waals surface area contributed by atoms with Crippen molar-refractivity contribution in [3.8, 4) is 0 Å². The molecule has 1 heterocycles. The van der Waals surface area contributed by atoms with Crippen LogP contribution in [0.3, 0.4) is 0 Å². The summed E-state index contributed by atoms with van der Waals surface area (Å²) < 4.78 is 37.6. The van der Waals surface area contributed by atoms with Gasteiger partial charge in [-0.05, 0) is 29.8 Å². The third-order valence-electron chi connectivity index (χ3n) is 3.99. The fourth-order valence-corrected chi connectivity index (χ4v) is 2.61. The van der Waals surface area contributed by atoms with Crippen molar-refractivity contribution in [1.29, 1.82) is 0 Å². The molecule has 0 radical (unpaired) electrons. The Bertz CT molecular complexity index is 673. The average Bonchev–Trinajstić information content (AvgIpc) is 2.61. The van der Waals surface area contributed by atoms with Crippen LogP contribution in [0.5, 0.6) is 0 Å². The number of para-hydroxylation sites is 1. The first-order valence-corrected chi connectivity index (χ1v) is 7.78. The standard InChI is InChI=1S/C18H18F3N3/c19-18(20,21)16-8-6-15(7-9-16)14-22-24-12-10-23(11-13-24)17-4-2-1-3-5-17/h1-9,14H,10-13H2/b22-14+. The van der Waals surface area contributed by atoms with Crippen LogP contribution in [0.1, 0.15) is 11.1 Å². The normalized spacial score (nSPS) is 16.0. The van der Waals surface area contributed by atoms with Gasteiger partial charge in [0.05, 0.1) is 24.9 Å². The molecule has 1 aliphatic heterocycles. The maximum Gasteiger partial charge on any atom is 0.416 e. The molecule has 0 atom stereocenters. The van der Waals surface area contributed by atoms with Crippen LogP contribution >= 0.6 is 0 Å². The Morgan fingerprint density at radius 1 is 0.833 bits per heavy atom. The minimum Gasteiger partial charge on any atom is -0.368 e. The lowest BCUT2D eigenvalue weighted by atomic mass is 10.1. The zero-order valence-electron chi connectivity index (χ0n) is 13.1. The molecule has 3 rings (SSSR count). The van der Waals surface area contributed by atoms with Crippen LogP contribution < -0.4 is 4.90 Å². The quantitative estimate of drug-likeness (QED) is 0.794. The lowest BCUT2D eigenvalue weighted by Crippen LogP contribution is -2.44. The Labute approximate surface area is 139 Å². The lowest BCUT2D eigenvalue weighted by Gasteiger charge is -2.34. The fourth-order valence-electron chi connectivity index (χ4n) is 2.61. The van der Waals surface area contributed by atoms with E-state index >= 15 is 0 Å². The molecule has 1 fully saturated rings. The van der Waals surface area contributed by atoms with Gasteiger partial charge in [0.2, 0.25) is 0 Å². The molecule has 0 amide bonds. The van der Waals surface area contributed by atoms with Gasteiger partial charge in [0.15, 0.2) is 0 Å². The number of benzene rings is 2. The van der Waals surface area contributed by atoms with Gasteiger partial charge in [-0.15, -0.1) is 0 Å². The van der Waals surface area contributed by atoms with E-state index in [2.05, 4.69) is 22.1 Å². The van der Waals surface area contributed by atoms with Crippen molar-refractivity contribution in [2.24, 2.45) is 5.10 Å². The second-order valence-corrected chi connectivity index (χ2v) is 5.64. The summed E-state index contributed by atoms with van der Waals surface area (Å²) in [6.07, 6.45) is -2.69. The molecule has 24 heavy (non-hydrogen) atoms. The molecule has 1 aliphatic rings. The average molecular weight is 333 g/mol. The highest BCUT2D eigenvalue weighted by molar-refractivity contribution is 5.79. The summed E-state index contributed by atoms with van der Waals surface area (Å²) >= 11 is 0. The first kappa shape index (κ1) is 16.4. The van der Waals surface area contributed by atoms with Crippen LogP contribution in [-0.4, -0.2) is 37.4 Å². The Balaban J connectivity index is 1.55. The van der Waals surface area contributed by atoms with E-state index in [9.17, 15) is 13.2 Å². The summed E-state index contributed by atoms with van der Waals surface area (Å²) in [5.74, 6) is 0. The fraction of sp³-hybridized carbons (Fsp3) is 0.278. The van der Waals surface area contributed by atoms with E-state index < -0.39 is 11.7 Å². The predicted molar refractivity (Wildman–Crippen MR) is 89.3 cm³/mol. The van der Waals surface area contributed by atoms with Gasteiger partial charge in [-0.1, -0.05) is 30.3 Å². The molecule has 2 aromatic rings. The lowest BCUT2D eigenvalue weighted by molar-refractivity contribution is -0.137. The predicted octanol–water partition coefficient (Wildman–Crippen LogP) is 3.86. The number of anilines is 1. The summed E-state index contributed by atoms with van der Waals surface area (Å²) in [7, 11) is 0. The summed E-state index contributed by atoms with van der Waals surface area (Å²) in [4.78, 5) is 2.30. The van der Waals surface area contributed by atoms with Crippen molar-refractivity contribution < 1.29 is 13.2 Å². The number of alkyl halides is 3. The zero-order valence-corrected chi connectivity index (χ0v) is 13.1. The first-order valence-electron chi connectivity index (χ1n) is 7.78. The van der Waals surface area contributed by atoms with Gasteiger partial charge in [0, 0.05) is 18.8 Å². The third-order valence-corrected chi connectivity index (χ3v) is 3.99. The van der Waals surface area contributed by atoms with Gasteiger partial charge < -0.3 is 4.90 Å². The van der Waals surface area contributed by atoms with Gasteiger partial charge in [-0.2, -0.15) is 18.3 Å². The van der Waals surface area contributed by atoms with E-state index in [0.717, 1.165) is 38.3 Å². The van der Waals surface area contributed by atoms with Gasteiger partial charge in [-0.25, -0.2) is 0 Å². The van der Waals surface area contributed by atoms with Crippen LogP contribution in [-0.2, 0) is 6.18 Å². The number of rotatable bonds is 3. The number of piperazine rings is 1. The van der Waals surface area contributed by atoms with E-state index in [1.165, 1.54) is 17.8 Å². The molecule has 2 aromatic carbocycles. The van der Waals surface area contributed by atoms with Gasteiger partial charge in [0.1, 0.15) is 0 Å². The molecule has 0 bridgehead atoms. The highest BCUT2D eigenvalue weighted by atomic mass is 19.4. The van der Waals surface area contributed by atoms with Crippen molar-refractivity contribution in [2.45, 2.75) is 6.18 Å². The Kier molecular flexibility index (Phi) is 4.74. The van der Waals surface area contributed by atoms with E-state index in [4.69, 9.17) is 0 Å². The van der Waals surface area contributed by atoms with Crippen LogP contribution in [0.15, 0.2) is 59.7 Å². The summed E-state index contributed by atoms with van der Waals surface area (Å²) in [6, 6.07) is 15.2. The van der Waals surface area contributed by atoms with Crippen molar-refractivity contribution in [1.82, 2.24) is 5.01 Å². The van der Waals surface area contributed by atoms with E-state index in [1.807, 2.05) is 23.2 Å². The molecule has 6 heteroatoms. The zero-order chi connectivity index (χ0) is 17.0. The van der Waals surface area contributed by atoms with Crippen LogP contribution in [0.25, 0.3) is 0 Å². The molecular weight excluding hydrogens is 315 g/mol. The van der Waals surface area contributed by atoms with E-state index in [0.29, 0.717) is 5.56 Å². The van der Waals surface area contributed by atoms with Crippen molar-refractivity contribution in [2.75, 3.05) is 31.1 Å². The van der Waals surface area contributed by atoms with Crippen molar-refractivity contribution in [3.05, 3.63) is 65.7 Å². The number of hydrogen-bond acceptors (Lipinski definition) is 3. The van der Waals surface area contributed by atoms with Crippen molar-refractivity contribution in [3.63, 3.8) is 0 Å². The molecular formula is C18H18F3N3. The Hall–Kier alpha value is -2.50. The molecule has 3 nitrogen and oxygen atoms in total. The SMILES string of the molecule is FC(F)(F)c1ccc(/C=N/N2CCN(c3ccccc3)CC2)cc1. The van der Waals surface area contributed by atoms with Gasteiger partial charge in [-0.3, -0.25) is 5.01 Å². The number of nitrogens with zero attached hydrogens (tertiary/aromatic N) is 3. The number of hydrogen-bond donors (Lipinski definition) is 0. The second kappa shape index (κ2) is 6.95. The van der Waals surface area contributed by atoms with Gasteiger partial charge in [0.25, 0.3) is 0 Å². The van der Waals surface area contributed by atoms with E-state index in [1.54, 1.807) is 6.21 Å². The Morgan fingerprint density at radius 3 is 2.04 bits per heavy atom. The summed E-state index contributed by atoms with van der Waals surface area (Å²) in [6.45, 7) is 3.31. The third kappa shape index (κ3) is 4.07. The maximum absolute atomic E-state index is 12.5. The topological polar surface area (TPSA) is 18.8 Å². The molecule has 0 saturated carbocycles. The first-order chi connectivity index (χ1) is 11.5. The molecule has 0 aliphatic carbocycles. The summed E-state index contributed by atoms with van der Waals surface area (Å²) in [5, 5.41) is 6.32. The van der Waals surface area contributed by atoms with Gasteiger partial charge >= 0.3 is 6.18 Å². The second-order valence-electron chi connectivity index (χ2n) is 5.64. The molecule has 0 N–H and O–H groups in total. The Morgan fingerprint density at radius 2 is 1.46 bits per heavy atom. The maximum atomic E-state index is 12.5. The minimum atomic E-state index is -4.30. The largest absolute Gasteiger partial charge is 0.416 e. The molecule has 0 aromatic heterocycles. The summed E-state index contributed by atoms with van der Waals surface area (Å²) in [5.41, 5.74) is 1.22. The molecule has 0 unspecified atom stereocenters. The number of hydrazone groups is 1. The monoisotopic (exact) mass is 333 g/mol. The van der Waals surface area contributed by atoms with E-state index in [-0.39, 0.29) is 0 Å². The smallest absolute Gasteiger partial charge is 0.368 e. The molecule has 0 spiro atoms. The molecule has 1 saturated heterocycles. The molecule has 126 valence electrons. The van der Waals surface area contributed by atoms with Crippen LogP contribution in [0, 0.1) is 0 Å². The number of halogens is 3. The highest BCUT2D eigenvalue weighted by Crippen LogP contribution is 2.28. The minimum absolute atomic E-state index is 0.642. The van der Waals surface area contributed by atoms with Crippen LogP contribution in [0.4, 0.5) is 18.9 Å². The van der Waals surface area contributed by atoms with Crippen LogP contribution in [0.2, 0.25) is 0 Å². The van der Waals surface area contributed by atoms with Crippen molar-refractivity contribution >= 4 is 11.9 Å². The highest BCUT2D eigenvalue weighted by Gasteiger charge is 2.29.